The largest absolute Gasteiger partial charge is 0.378 e. The van der Waals surface area contributed by atoms with Crippen LogP contribution < -0.4 is 0 Å². The topological polar surface area (TPSA) is 29.5 Å². The van der Waals surface area contributed by atoms with Gasteiger partial charge in [-0.1, -0.05) is 0 Å². The number of hydrogen-bond acceptors (Lipinski definition) is 2. The number of carbonyl (C=O) groups excluding carboxylic acids is 1. The molecule has 16 heavy (non-hydrogen) atoms. The van der Waals surface area contributed by atoms with Gasteiger partial charge in [0.1, 0.15) is 0 Å². The Bertz CT molecular complexity index is 237. The lowest BCUT2D eigenvalue weighted by Crippen LogP contribution is -2.46. The number of halogens is 1. The molecule has 4 heteroatoms. The Morgan fingerprint density at radius 1 is 1.56 bits per heavy atom. The zero-order valence-corrected chi connectivity index (χ0v) is 11.2. The van der Waals surface area contributed by atoms with Crippen molar-refractivity contribution in [3.63, 3.8) is 0 Å². The maximum Gasteiger partial charge on any atom is 0.222 e. The predicted octanol–water partition coefficient (Wildman–Crippen LogP) is 2.42. The minimum absolute atomic E-state index is 0.154. The van der Waals surface area contributed by atoms with Gasteiger partial charge in [0, 0.05) is 26.0 Å². The molecule has 1 rings (SSSR count). The van der Waals surface area contributed by atoms with E-state index in [4.69, 9.17) is 16.3 Å². The van der Waals surface area contributed by atoms with Crippen LogP contribution in [0.4, 0.5) is 0 Å². The van der Waals surface area contributed by atoms with Crippen molar-refractivity contribution < 1.29 is 9.53 Å². The first-order chi connectivity index (χ1) is 7.47. The zero-order chi connectivity index (χ0) is 12.2. The molecule has 1 unspecified atom stereocenters. The second-order valence-electron chi connectivity index (χ2n) is 5.07. The molecule has 94 valence electrons. The van der Waals surface area contributed by atoms with Gasteiger partial charge in [-0.05, 0) is 33.1 Å². The summed E-state index contributed by atoms with van der Waals surface area (Å²) < 4.78 is 5.50. The van der Waals surface area contributed by atoms with Crippen molar-refractivity contribution in [2.75, 3.05) is 19.5 Å². The molecule has 3 nitrogen and oxygen atoms in total. The number of amides is 1. The molecule has 1 aliphatic rings. The van der Waals surface area contributed by atoms with E-state index in [2.05, 4.69) is 0 Å². The number of ether oxygens (including phenoxy) is 1. The van der Waals surface area contributed by atoms with Crippen LogP contribution in [0, 0.1) is 0 Å². The molecule has 0 aromatic rings. The van der Waals surface area contributed by atoms with Gasteiger partial charge in [0.05, 0.1) is 11.6 Å². The third kappa shape index (κ3) is 3.63. The fourth-order valence-corrected chi connectivity index (χ4v) is 1.93. The van der Waals surface area contributed by atoms with Crippen molar-refractivity contribution in [1.29, 1.82) is 0 Å². The highest BCUT2D eigenvalue weighted by molar-refractivity contribution is 6.18. The monoisotopic (exact) mass is 247 g/mol. The standard InChI is InChI=1S/C12H22ClNO2/c1-12(2,9-13)14(3)11(15)7-6-10-5-4-8-16-10/h10H,4-9H2,1-3H3. The van der Waals surface area contributed by atoms with Crippen LogP contribution in [0.5, 0.6) is 0 Å². The Hall–Kier alpha value is -0.280. The third-order valence-electron chi connectivity index (χ3n) is 3.31. The van der Waals surface area contributed by atoms with E-state index in [9.17, 15) is 4.79 Å². The molecule has 0 aliphatic carbocycles. The summed E-state index contributed by atoms with van der Waals surface area (Å²) in [4.78, 5) is 13.7. The summed E-state index contributed by atoms with van der Waals surface area (Å²) in [5.74, 6) is 0.607. The Kier molecular flexibility index (Phi) is 5.06. The van der Waals surface area contributed by atoms with Gasteiger partial charge in [0.2, 0.25) is 5.91 Å². The molecule has 1 atom stereocenters. The van der Waals surface area contributed by atoms with Crippen molar-refractivity contribution in [1.82, 2.24) is 4.90 Å². The molecule has 1 fully saturated rings. The first-order valence-corrected chi connectivity index (χ1v) is 6.45. The number of carbonyl (C=O) groups is 1. The van der Waals surface area contributed by atoms with E-state index in [1.54, 1.807) is 4.90 Å². The van der Waals surface area contributed by atoms with Gasteiger partial charge in [-0.15, -0.1) is 11.6 Å². The average Bonchev–Trinajstić information content (AvgIpc) is 2.77. The number of hydrogen-bond donors (Lipinski definition) is 0. The highest BCUT2D eigenvalue weighted by Crippen LogP contribution is 2.20. The van der Waals surface area contributed by atoms with Gasteiger partial charge in [-0.25, -0.2) is 0 Å². The van der Waals surface area contributed by atoms with Crippen LogP contribution in [0.25, 0.3) is 0 Å². The van der Waals surface area contributed by atoms with Gasteiger partial charge in [-0.2, -0.15) is 0 Å². The van der Waals surface area contributed by atoms with E-state index < -0.39 is 0 Å². The van der Waals surface area contributed by atoms with E-state index >= 15 is 0 Å². The van der Waals surface area contributed by atoms with Crippen LogP contribution in [-0.4, -0.2) is 42.0 Å². The van der Waals surface area contributed by atoms with Gasteiger partial charge < -0.3 is 9.64 Å². The minimum Gasteiger partial charge on any atom is -0.378 e. The lowest BCUT2D eigenvalue weighted by Gasteiger charge is -2.34. The third-order valence-corrected chi connectivity index (χ3v) is 3.97. The van der Waals surface area contributed by atoms with Gasteiger partial charge >= 0.3 is 0 Å². The second kappa shape index (κ2) is 5.87. The lowest BCUT2D eigenvalue weighted by molar-refractivity contribution is -0.134. The Balaban J connectivity index is 2.33. The molecular weight excluding hydrogens is 226 g/mol. The molecule has 0 N–H and O–H groups in total. The van der Waals surface area contributed by atoms with E-state index in [1.165, 1.54) is 0 Å². The maximum atomic E-state index is 11.9. The Labute approximate surface area is 103 Å². The Morgan fingerprint density at radius 2 is 2.25 bits per heavy atom. The summed E-state index contributed by atoms with van der Waals surface area (Å²) in [6.45, 7) is 4.80. The van der Waals surface area contributed by atoms with E-state index in [0.29, 0.717) is 12.3 Å². The van der Waals surface area contributed by atoms with Crippen LogP contribution in [-0.2, 0) is 9.53 Å². The molecular formula is C12H22ClNO2. The van der Waals surface area contributed by atoms with Gasteiger partial charge in [0.25, 0.3) is 0 Å². The molecule has 0 radical (unpaired) electrons. The van der Waals surface area contributed by atoms with Crippen molar-refractivity contribution in [3.8, 4) is 0 Å². The molecule has 0 aromatic carbocycles. The van der Waals surface area contributed by atoms with Crippen LogP contribution in [0.3, 0.4) is 0 Å². The summed E-state index contributed by atoms with van der Waals surface area (Å²) in [5.41, 5.74) is -0.269. The fourth-order valence-electron chi connectivity index (χ4n) is 1.75. The number of nitrogens with zero attached hydrogens (tertiary/aromatic N) is 1. The first kappa shape index (κ1) is 13.8. The number of alkyl halides is 1. The van der Waals surface area contributed by atoms with Crippen molar-refractivity contribution in [2.24, 2.45) is 0 Å². The summed E-state index contributed by atoms with van der Waals surface area (Å²) in [5, 5.41) is 0. The van der Waals surface area contributed by atoms with Crippen LogP contribution in [0.1, 0.15) is 39.5 Å². The minimum atomic E-state index is -0.269. The van der Waals surface area contributed by atoms with Gasteiger partial charge in [-0.3, -0.25) is 4.79 Å². The SMILES string of the molecule is CN(C(=O)CCC1CCCO1)C(C)(C)CCl. The molecule has 0 bridgehead atoms. The summed E-state index contributed by atoms with van der Waals surface area (Å²) in [6, 6.07) is 0. The summed E-state index contributed by atoms with van der Waals surface area (Å²) >= 11 is 5.84. The molecule has 1 saturated heterocycles. The molecule has 1 heterocycles. The maximum absolute atomic E-state index is 11.9. The average molecular weight is 248 g/mol. The molecule has 0 spiro atoms. The normalized spacial score (nSPS) is 21.1. The lowest BCUT2D eigenvalue weighted by atomic mass is 10.0. The fraction of sp³-hybridized carbons (Fsp3) is 0.917. The molecule has 0 saturated carbocycles. The van der Waals surface area contributed by atoms with Crippen LogP contribution >= 0.6 is 11.6 Å². The van der Waals surface area contributed by atoms with Crippen LogP contribution in [0.2, 0.25) is 0 Å². The van der Waals surface area contributed by atoms with Crippen LogP contribution in [0.15, 0.2) is 0 Å². The smallest absolute Gasteiger partial charge is 0.222 e. The molecule has 1 aliphatic heterocycles. The predicted molar refractivity (Wildman–Crippen MR) is 65.8 cm³/mol. The molecule has 0 aromatic heterocycles. The van der Waals surface area contributed by atoms with Crippen molar-refractivity contribution in [2.45, 2.75) is 51.2 Å². The van der Waals surface area contributed by atoms with Gasteiger partial charge in [0.15, 0.2) is 0 Å². The zero-order valence-electron chi connectivity index (χ0n) is 10.5. The van der Waals surface area contributed by atoms with Crippen molar-refractivity contribution >= 4 is 17.5 Å². The number of rotatable bonds is 5. The highest BCUT2D eigenvalue weighted by atomic mass is 35.5. The Morgan fingerprint density at radius 3 is 2.75 bits per heavy atom. The van der Waals surface area contributed by atoms with E-state index in [-0.39, 0.29) is 17.6 Å². The summed E-state index contributed by atoms with van der Waals surface area (Å²) in [6.07, 6.45) is 3.90. The first-order valence-electron chi connectivity index (χ1n) is 5.91. The van der Waals surface area contributed by atoms with E-state index in [1.807, 2.05) is 20.9 Å². The second-order valence-corrected chi connectivity index (χ2v) is 5.34. The van der Waals surface area contributed by atoms with Crippen molar-refractivity contribution in [3.05, 3.63) is 0 Å². The summed E-state index contributed by atoms with van der Waals surface area (Å²) in [7, 11) is 1.82. The molecule has 1 amide bonds. The quantitative estimate of drug-likeness (QED) is 0.699. The van der Waals surface area contributed by atoms with E-state index in [0.717, 1.165) is 25.9 Å². The highest BCUT2D eigenvalue weighted by Gasteiger charge is 2.27.